The van der Waals surface area contributed by atoms with E-state index in [-0.39, 0.29) is 24.4 Å². The Bertz CT molecular complexity index is 627. The highest BCUT2D eigenvalue weighted by Gasteiger charge is 2.54. The second-order valence-corrected chi connectivity index (χ2v) is 7.16. The Kier molecular flexibility index (Phi) is 4.86. The molecule has 1 aliphatic carbocycles. The van der Waals surface area contributed by atoms with Gasteiger partial charge in [0.1, 0.15) is 12.4 Å². The molecule has 4 nitrogen and oxygen atoms in total. The Labute approximate surface area is 143 Å². The average Bonchev–Trinajstić information content (AvgIpc) is 3.02. The number of ketones is 1. The van der Waals surface area contributed by atoms with Crippen LogP contribution in [0.5, 0.6) is 0 Å². The maximum atomic E-state index is 12.6. The van der Waals surface area contributed by atoms with Crippen LogP contribution in [0.4, 0.5) is 0 Å². The van der Waals surface area contributed by atoms with Crippen LogP contribution >= 0.6 is 0 Å². The van der Waals surface area contributed by atoms with Gasteiger partial charge in [-0.3, -0.25) is 14.5 Å². The molecule has 0 aromatic heterocycles. The van der Waals surface area contributed by atoms with E-state index < -0.39 is 5.41 Å². The average molecular weight is 327 g/mol. The number of benzene rings is 1. The Morgan fingerprint density at radius 3 is 2.83 bits per heavy atom. The Morgan fingerprint density at radius 2 is 2.12 bits per heavy atom. The summed E-state index contributed by atoms with van der Waals surface area (Å²) in [6.07, 6.45) is 2.64. The molecule has 2 fully saturated rings. The minimum Gasteiger partial charge on any atom is -0.461 e. The van der Waals surface area contributed by atoms with Crippen molar-refractivity contribution >= 4 is 11.8 Å². The zero-order valence-corrected chi connectivity index (χ0v) is 14.2. The first-order valence-electron chi connectivity index (χ1n) is 8.61. The number of carbonyl (C=O) groups excluding carboxylic acids is 2. The molecule has 128 valence electrons. The van der Waals surface area contributed by atoms with E-state index in [0.29, 0.717) is 18.6 Å². The molecular weight excluding hydrogens is 302 g/mol. The van der Waals surface area contributed by atoms with Gasteiger partial charge < -0.3 is 4.74 Å². The van der Waals surface area contributed by atoms with E-state index >= 15 is 0 Å². The van der Waals surface area contributed by atoms with E-state index in [4.69, 9.17) is 4.74 Å². The van der Waals surface area contributed by atoms with E-state index in [1.165, 1.54) is 5.56 Å². The van der Waals surface area contributed by atoms with E-state index in [9.17, 15) is 9.59 Å². The van der Waals surface area contributed by atoms with Crippen LogP contribution in [-0.2, 0) is 20.9 Å². The molecule has 1 saturated heterocycles. The van der Waals surface area contributed by atoms with Gasteiger partial charge in [0.05, 0.1) is 5.41 Å². The largest absolute Gasteiger partial charge is 0.461 e. The van der Waals surface area contributed by atoms with Gasteiger partial charge in [-0.15, -0.1) is 0 Å². The summed E-state index contributed by atoms with van der Waals surface area (Å²) >= 11 is 0. The van der Waals surface area contributed by atoms with Gasteiger partial charge in [-0.2, -0.15) is 0 Å². The van der Waals surface area contributed by atoms with Gasteiger partial charge in [-0.25, -0.2) is 0 Å². The van der Waals surface area contributed by atoms with Crippen molar-refractivity contribution in [1.82, 2.24) is 4.90 Å². The van der Waals surface area contributed by atoms with Crippen molar-refractivity contribution in [1.29, 1.82) is 0 Å². The maximum Gasteiger partial charge on any atom is 0.312 e. The van der Waals surface area contributed by atoms with E-state index in [2.05, 4.69) is 23.6 Å². The summed E-state index contributed by atoms with van der Waals surface area (Å²) in [7, 11) is 0. The molecule has 1 saturated carbocycles. The van der Waals surface area contributed by atoms with Crippen LogP contribution in [0.1, 0.15) is 25.3 Å². The number of hydrogen-bond acceptors (Lipinski definition) is 4. The van der Waals surface area contributed by atoms with Crippen LogP contribution in [0, 0.1) is 17.3 Å². The van der Waals surface area contributed by atoms with Crippen LogP contribution in [-0.4, -0.2) is 36.3 Å². The SMILES string of the molecule is C=CCOC(=O)C1(C)CCC(=O)C2CN(Cc3ccccc3)CC21. The topological polar surface area (TPSA) is 46.6 Å². The summed E-state index contributed by atoms with van der Waals surface area (Å²) in [5.41, 5.74) is 0.659. The lowest BCUT2D eigenvalue weighted by molar-refractivity contribution is -0.161. The number of hydrogen-bond donors (Lipinski definition) is 0. The Hall–Kier alpha value is -1.94. The van der Waals surface area contributed by atoms with Gasteiger partial charge in [0.2, 0.25) is 0 Å². The minimum atomic E-state index is -0.576. The molecule has 0 N–H and O–H groups in total. The van der Waals surface area contributed by atoms with Gasteiger partial charge in [-0.05, 0) is 24.8 Å². The fourth-order valence-corrected chi connectivity index (χ4v) is 4.13. The second-order valence-electron chi connectivity index (χ2n) is 7.16. The first kappa shape index (κ1) is 16.9. The van der Waals surface area contributed by atoms with Crippen molar-refractivity contribution in [2.24, 2.45) is 17.3 Å². The number of rotatable bonds is 5. The van der Waals surface area contributed by atoms with Gasteiger partial charge >= 0.3 is 5.97 Å². The highest BCUT2D eigenvalue weighted by Crippen LogP contribution is 2.47. The van der Waals surface area contributed by atoms with Gasteiger partial charge in [0, 0.05) is 32.0 Å². The van der Waals surface area contributed by atoms with Crippen molar-refractivity contribution in [2.75, 3.05) is 19.7 Å². The van der Waals surface area contributed by atoms with Crippen LogP contribution in [0.2, 0.25) is 0 Å². The predicted molar refractivity (Wildman–Crippen MR) is 92.2 cm³/mol. The highest BCUT2D eigenvalue weighted by atomic mass is 16.5. The number of carbonyl (C=O) groups is 2. The fraction of sp³-hybridized carbons (Fsp3) is 0.500. The Morgan fingerprint density at radius 1 is 1.38 bits per heavy atom. The van der Waals surface area contributed by atoms with E-state index in [1.807, 2.05) is 25.1 Å². The summed E-state index contributed by atoms with van der Waals surface area (Å²) in [5, 5.41) is 0. The molecule has 0 amide bonds. The third kappa shape index (κ3) is 3.16. The summed E-state index contributed by atoms with van der Waals surface area (Å²) in [6, 6.07) is 10.3. The van der Waals surface area contributed by atoms with Crippen LogP contribution in [0.15, 0.2) is 43.0 Å². The lowest BCUT2D eigenvalue weighted by Gasteiger charge is -2.39. The molecule has 1 aromatic rings. The predicted octanol–water partition coefficient (Wildman–Crippen LogP) is 2.83. The van der Waals surface area contributed by atoms with E-state index in [0.717, 1.165) is 19.6 Å². The molecular formula is C20H25NO3. The Balaban J connectivity index is 1.75. The molecule has 1 heterocycles. The summed E-state index contributed by atoms with van der Waals surface area (Å²) in [4.78, 5) is 27.3. The lowest BCUT2D eigenvalue weighted by Crippen LogP contribution is -2.47. The van der Waals surface area contributed by atoms with E-state index in [1.54, 1.807) is 6.08 Å². The number of nitrogens with zero attached hydrogens (tertiary/aromatic N) is 1. The molecule has 0 bridgehead atoms. The molecule has 0 spiro atoms. The number of esters is 1. The molecule has 4 heteroatoms. The third-order valence-electron chi connectivity index (χ3n) is 5.57. The highest BCUT2D eigenvalue weighted by molar-refractivity contribution is 5.87. The van der Waals surface area contributed by atoms with Crippen LogP contribution < -0.4 is 0 Å². The monoisotopic (exact) mass is 327 g/mol. The minimum absolute atomic E-state index is 0.0415. The van der Waals surface area contributed by atoms with Gasteiger partial charge in [-0.1, -0.05) is 43.0 Å². The molecule has 0 radical (unpaired) electrons. The van der Waals surface area contributed by atoms with Crippen molar-refractivity contribution in [3.05, 3.63) is 48.6 Å². The lowest BCUT2D eigenvalue weighted by atomic mass is 9.63. The molecule has 1 aliphatic heterocycles. The smallest absolute Gasteiger partial charge is 0.312 e. The number of ether oxygens (including phenoxy) is 1. The van der Waals surface area contributed by atoms with Crippen molar-refractivity contribution in [3.63, 3.8) is 0 Å². The molecule has 3 unspecified atom stereocenters. The third-order valence-corrected chi connectivity index (χ3v) is 5.57. The number of Topliss-reactive ketones (excluding diaryl/α,β-unsaturated/α-hetero) is 1. The summed E-state index contributed by atoms with van der Waals surface area (Å²) in [6.45, 7) is 8.12. The molecule has 1 aromatic carbocycles. The molecule has 24 heavy (non-hydrogen) atoms. The molecule has 3 rings (SSSR count). The molecule has 3 atom stereocenters. The quantitative estimate of drug-likeness (QED) is 0.616. The van der Waals surface area contributed by atoms with Gasteiger partial charge in [0.15, 0.2) is 0 Å². The molecule has 2 aliphatic rings. The maximum absolute atomic E-state index is 12.6. The normalized spacial score (nSPS) is 30.0. The van der Waals surface area contributed by atoms with Crippen LogP contribution in [0.3, 0.4) is 0 Å². The number of fused-ring (bicyclic) bond motifs is 1. The summed E-state index contributed by atoms with van der Waals surface area (Å²) in [5.74, 6) is 0.0968. The van der Waals surface area contributed by atoms with Crippen molar-refractivity contribution in [3.8, 4) is 0 Å². The summed E-state index contributed by atoms with van der Waals surface area (Å²) < 4.78 is 5.34. The van der Waals surface area contributed by atoms with Crippen molar-refractivity contribution in [2.45, 2.75) is 26.3 Å². The second kappa shape index (κ2) is 6.89. The standard InChI is InChI=1S/C20H25NO3/c1-3-11-24-19(23)20(2)10-9-18(22)16-13-21(14-17(16)20)12-15-7-5-4-6-8-15/h3-8,16-17H,1,9-14H2,2H3. The first-order chi connectivity index (χ1) is 11.5. The van der Waals surface area contributed by atoms with Crippen molar-refractivity contribution < 1.29 is 14.3 Å². The van der Waals surface area contributed by atoms with Gasteiger partial charge in [0.25, 0.3) is 0 Å². The zero-order chi connectivity index (χ0) is 17.2. The fourth-order valence-electron chi connectivity index (χ4n) is 4.13. The van der Waals surface area contributed by atoms with Crippen LogP contribution in [0.25, 0.3) is 0 Å². The number of likely N-dealkylation sites (tertiary alicyclic amines) is 1. The first-order valence-corrected chi connectivity index (χ1v) is 8.61. The zero-order valence-electron chi connectivity index (χ0n) is 14.2.